The number of aromatic amines is 1. The molecule has 1 aliphatic heterocycles. The Morgan fingerprint density at radius 3 is 2.88 bits per heavy atom. The zero-order chi connectivity index (χ0) is 18.1. The Morgan fingerprint density at radius 1 is 1.27 bits per heavy atom. The van der Waals surface area contributed by atoms with E-state index in [9.17, 15) is 0 Å². The first-order valence-electron chi connectivity index (χ1n) is 8.55. The van der Waals surface area contributed by atoms with Crippen molar-refractivity contribution >= 4 is 33.6 Å². The molecule has 1 aliphatic carbocycles. The summed E-state index contributed by atoms with van der Waals surface area (Å²) in [7, 11) is 1.66. The van der Waals surface area contributed by atoms with Crippen molar-refractivity contribution in [2.45, 2.75) is 32.0 Å². The average molecular weight is 417 g/mol. The second-order valence-electron chi connectivity index (χ2n) is 6.50. The summed E-state index contributed by atoms with van der Waals surface area (Å²) in [5, 5.41) is 17.4. The molecule has 2 aromatic rings. The summed E-state index contributed by atoms with van der Waals surface area (Å²) < 4.78 is 6.26. The van der Waals surface area contributed by atoms with Crippen molar-refractivity contribution in [2.24, 2.45) is 4.99 Å². The molecular weight excluding hydrogens is 396 g/mol. The lowest BCUT2D eigenvalue weighted by Crippen LogP contribution is -2.39. The van der Waals surface area contributed by atoms with E-state index in [0.717, 1.165) is 33.1 Å². The van der Waals surface area contributed by atoms with E-state index >= 15 is 0 Å². The molecule has 1 atom stereocenters. The van der Waals surface area contributed by atoms with E-state index in [1.54, 1.807) is 13.3 Å². The molecular formula is C18H21BrN6O. The number of hydrogen-bond acceptors (Lipinski definition) is 6. The first-order valence-corrected chi connectivity index (χ1v) is 9.34. The number of hydrogen-bond donors (Lipinski definition) is 4. The van der Waals surface area contributed by atoms with Crippen LogP contribution in [0.15, 0.2) is 39.6 Å². The summed E-state index contributed by atoms with van der Waals surface area (Å²) in [4.78, 5) is 4.47. The molecule has 2 heterocycles. The Bertz CT molecular complexity index is 870. The fourth-order valence-electron chi connectivity index (χ4n) is 2.83. The first-order chi connectivity index (χ1) is 12.6. The van der Waals surface area contributed by atoms with Gasteiger partial charge in [-0.15, -0.1) is 0 Å². The molecule has 7 nitrogen and oxygen atoms in total. The van der Waals surface area contributed by atoms with Gasteiger partial charge >= 0.3 is 0 Å². The number of benzene rings is 1. The topological polar surface area (TPSA) is 86.4 Å². The summed E-state index contributed by atoms with van der Waals surface area (Å²) in [5.41, 5.74) is 3.22. The van der Waals surface area contributed by atoms with Gasteiger partial charge < -0.3 is 20.7 Å². The monoisotopic (exact) mass is 416 g/mol. The van der Waals surface area contributed by atoms with Crippen molar-refractivity contribution < 1.29 is 4.74 Å². The highest BCUT2D eigenvalue weighted by Gasteiger charge is 2.26. The Balaban J connectivity index is 1.46. The second-order valence-corrected chi connectivity index (χ2v) is 7.36. The SMILES string of the molecule is COc1ccc(C)cc1NC1N=CC(Br)=C(Nc2cc(C3CC3)[nH]n2)N1. The van der Waals surface area contributed by atoms with Crippen LogP contribution in [0.1, 0.15) is 30.0 Å². The molecule has 136 valence electrons. The van der Waals surface area contributed by atoms with Gasteiger partial charge in [-0.05, 0) is 53.4 Å². The van der Waals surface area contributed by atoms with Crippen molar-refractivity contribution in [3.63, 3.8) is 0 Å². The Hall–Kier alpha value is -2.48. The van der Waals surface area contributed by atoms with Gasteiger partial charge in [0.2, 0.25) is 0 Å². The van der Waals surface area contributed by atoms with Crippen LogP contribution in [0.3, 0.4) is 0 Å². The number of aromatic nitrogens is 2. The van der Waals surface area contributed by atoms with Crippen molar-refractivity contribution in [3.05, 3.63) is 45.8 Å². The van der Waals surface area contributed by atoms with Crippen molar-refractivity contribution in [3.8, 4) is 5.75 Å². The van der Waals surface area contributed by atoms with Crippen LogP contribution in [0.5, 0.6) is 5.75 Å². The van der Waals surface area contributed by atoms with E-state index in [4.69, 9.17) is 4.74 Å². The predicted octanol–water partition coefficient (Wildman–Crippen LogP) is 3.65. The predicted molar refractivity (Wildman–Crippen MR) is 107 cm³/mol. The third-order valence-electron chi connectivity index (χ3n) is 4.37. The van der Waals surface area contributed by atoms with Gasteiger partial charge in [0, 0.05) is 23.9 Å². The minimum Gasteiger partial charge on any atom is -0.495 e. The second kappa shape index (κ2) is 7.03. The molecule has 0 bridgehead atoms. The fourth-order valence-corrected chi connectivity index (χ4v) is 3.16. The molecule has 1 unspecified atom stereocenters. The largest absolute Gasteiger partial charge is 0.495 e. The van der Waals surface area contributed by atoms with Gasteiger partial charge in [0.25, 0.3) is 0 Å². The van der Waals surface area contributed by atoms with Crippen LogP contribution < -0.4 is 20.7 Å². The van der Waals surface area contributed by atoms with E-state index in [2.05, 4.69) is 53.1 Å². The third kappa shape index (κ3) is 3.70. The third-order valence-corrected chi connectivity index (χ3v) is 4.97. The molecule has 1 aromatic carbocycles. The van der Waals surface area contributed by atoms with E-state index in [0.29, 0.717) is 5.92 Å². The lowest BCUT2D eigenvalue weighted by Gasteiger charge is -2.25. The number of rotatable bonds is 6. The number of ether oxygens (including phenoxy) is 1. The molecule has 0 spiro atoms. The molecule has 8 heteroatoms. The summed E-state index contributed by atoms with van der Waals surface area (Å²) >= 11 is 3.53. The smallest absolute Gasteiger partial charge is 0.195 e. The summed E-state index contributed by atoms with van der Waals surface area (Å²) in [6.07, 6.45) is 3.93. The quantitative estimate of drug-likeness (QED) is 0.577. The van der Waals surface area contributed by atoms with Crippen LogP contribution in [-0.2, 0) is 0 Å². The molecule has 4 N–H and O–H groups in total. The minimum absolute atomic E-state index is 0.323. The van der Waals surface area contributed by atoms with Crippen LogP contribution in [0, 0.1) is 6.92 Å². The van der Waals surface area contributed by atoms with Crippen LogP contribution >= 0.6 is 15.9 Å². The highest BCUT2D eigenvalue weighted by Crippen LogP contribution is 2.39. The van der Waals surface area contributed by atoms with E-state index < -0.39 is 0 Å². The molecule has 0 radical (unpaired) electrons. The van der Waals surface area contributed by atoms with Crippen molar-refractivity contribution in [1.82, 2.24) is 15.5 Å². The molecule has 26 heavy (non-hydrogen) atoms. The van der Waals surface area contributed by atoms with Crippen LogP contribution in [-0.4, -0.2) is 29.8 Å². The van der Waals surface area contributed by atoms with Crippen LogP contribution in [0.25, 0.3) is 0 Å². The fraction of sp³-hybridized carbons (Fsp3) is 0.333. The molecule has 4 rings (SSSR count). The number of allylic oxidation sites excluding steroid dienone is 1. The van der Waals surface area contributed by atoms with E-state index in [1.807, 2.05) is 25.1 Å². The number of halogens is 1. The average Bonchev–Trinajstić information content (AvgIpc) is 3.38. The summed E-state index contributed by atoms with van der Waals surface area (Å²) in [6, 6.07) is 8.05. The molecule has 1 fully saturated rings. The Kier molecular flexibility index (Phi) is 4.58. The summed E-state index contributed by atoms with van der Waals surface area (Å²) in [5.74, 6) is 3.00. The molecule has 1 aromatic heterocycles. The zero-order valence-corrected chi connectivity index (χ0v) is 16.2. The normalized spacial score (nSPS) is 19.3. The lowest BCUT2D eigenvalue weighted by molar-refractivity contribution is 0.415. The van der Waals surface area contributed by atoms with Gasteiger partial charge in [-0.25, -0.2) is 4.99 Å². The maximum Gasteiger partial charge on any atom is 0.195 e. The van der Waals surface area contributed by atoms with Gasteiger partial charge in [-0.3, -0.25) is 5.10 Å². The standard InChI is InChI=1S/C18H21BrN6O/c1-10-3-6-15(26-2)14(7-10)21-18-20-9-12(19)17(23-18)22-16-8-13(24-25-16)11-4-5-11/h3,6-9,11,18,21,23H,4-5H2,1-2H3,(H2,22,24,25). The number of aliphatic imine (C=N–C) groups is 1. The molecule has 0 saturated heterocycles. The number of aryl methyl sites for hydroxylation is 1. The summed E-state index contributed by atoms with van der Waals surface area (Å²) in [6.45, 7) is 2.04. The number of anilines is 2. The van der Waals surface area contributed by atoms with Crippen molar-refractivity contribution in [1.29, 1.82) is 0 Å². The highest BCUT2D eigenvalue weighted by atomic mass is 79.9. The van der Waals surface area contributed by atoms with Crippen molar-refractivity contribution in [2.75, 3.05) is 17.7 Å². The van der Waals surface area contributed by atoms with Crippen LogP contribution in [0.2, 0.25) is 0 Å². The Morgan fingerprint density at radius 2 is 2.12 bits per heavy atom. The minimum atomic E-state index is -0.323. The molecule has 2 aliphatic rings. The van der Waals surface area contributed by atoms with Gasteiger partial charge in [0.05, 0.1) is 17.3 Å². The molecule has 0 amide bonds. The maximum absolute atomic E-state index is 5.42. The number of H-pyrrole nitrogens is 1. The van der Waals surface area contributed by atoms with Gasteiger partial charge in [0.1, 0.15) is 11.6 Å². The zero-order valence-electron chi connectivity index (χ0n) is 14.6. The number of nitrogens with zero attached hydrogens (tertiary/aromatic N) is 2. The maximum atomic E-state index is 5.42. The lowest BCUT2D eigenvalue weighted by atomic mass is 10.2. The van der Waals surface area contributed by atoms with E-state index in [1.165, 1.54) is 18.5 Å². The first kappa shape index (κ1) is 17.0. The van der Waals surface area contributed by atoms with Gasteiger partial charge in [-0.2, -0.15) is 5.10 Å². The van der Waals surface area contributed by atoms with Gasteiger partial charge in [0.15, 0.2) is 12.1 Å². The molecule has 1 saturated carbocycles. The number of methoxy groups -OCH3 is 1. The van der Waals surface area contributed by atoms with Gasteiger partial charge in [-0.1, -0.05) is 6.07 Å². The van der Waals surface area contributed by atoms with E-state index in [-0.39, 0.29) is 6.29 Å². The van der Waals surface area contributed by atoms with Crippen LogP contribution in [0.4, 0.5) is 11.5 Å². The Labute approximate surface area is 160 Å². The number of nitrogens with one attached hydrogen (secondary N) is 4. The highest BCUT2D eigenvalue weighted by molar-refractivity contribution is 9.12.